The number of thiophene rings is 1. The predicted molar refractivity (Wildman–Crippen MR) is 75.8 cm³/mol. The molecular weight excluding hydrogens is 212 g/mol. The zero-order chi connectivity index (χ0) is 11.4. The summed E-state index contributed by atoms with van der Waals surface area (Å²) < 4.78 is 1.38. The van der Waals surface area contributed by atoms with E-state index in [2.05, 4.69) is 61.7 Å². The van der Waals surface area contributed by atoms with Gasteiger partial charge in [-0.15, -0.1) is 24.5 Å². The van der Waals surface area contributed by atoms with Gasteiger partial charge in [0.1, 0.15) is 0 Å². The fraction of sp³-hybridized carbons (Fsp3) is 0.0667. The van der Waals surface area contributed by atoms with Crippen molar-refractivity contribution < 1.29 is 0 Å². The Bertz CT molecular complexity index is 544. The van der Waals surface area contributed by atoms with E-state index < -0.39 is 0 Å². The van der Waals surface area contributed by atoms with E-state index in [1.54, 1.807) is 0 Å². The second-order valence-corrected chi connectivity index (χ2v) is 4.50. The van der Waals surface area contributed by atoms with Gasteiger partial charge < -0.3 is 0 Å². The van der Waals surface area contributed by atoms with Crippen molar-refractivity contribution in [1.29, 1.82) is 0 Å². The molecule has 0 atom stereocenters. The van der Waals surface area contributed by atoms with Crippen molar-refractivity contribution in [1.82, 2.24) is 0 Å². The molecule has 1 heterocycles. The summed E-state index contributed by atoms with van der Waals surface area (Å²) in [6.07, 6.45) is 9.98. The van der Waals surface area contributed by atoms with E-state index in [0.29, 0.717) is 0 Å². The molecule has 1 aromatic heterocycles. The summed E-state index contributed by atoms with van der Waals surface area (Å²) in [5.74, 6) is 0. The Balaban J connectivity index is 0.000000457. The molecule has 0 amide bonds. The zero-order valence-electron chi connectivity index (χ0n) is 9.15. The molecule has 0 radical (unpaired) electrons. The van der Waals surface area contributed by atoms with Gasteiger partial charge in [-0.05, 0) is 24.1 Å². The highest BCUT2D eigenvalue weighted by molar-refractivity contribution is 7.20. The smallest absolute Gasteiger partial charge is 0.0355 e. The minimum atomic E-state index is 1.05. The summed E-state index contributed by atoms with van der Waals surface area (Å²) in [6, 6.07) is 8.60. The van der Waals surface area contributed by atoms with E-state index in [0.717, 1.165) is 6.42 Å². The van der Waals surface area contributed by atoms with Crippen LogP contribution in [0.25, 0.3) is 22.2 Å². The molecule has 1 aliphatic carbocycles. The third-order valence-electron chi connectivity index (χ3n) is 2.49. The minimum absolute atomic E-state index is 1.05. The van der Waals surface area contributed by atoms with E-state index >= 15 is 0 Å². The molecular formula is C15H14S. The second kappa shape index (κ2) is 4.95. The van der Waals surface area contributed by atoms with Gasteiger partial charge in [-0.1, -0.05) is 36.4 Å². The first-order valence-corrected chi connectivity index (χ1v) is 6.11. The van der Waals surface area contributed by atoms with Crippen LogP contribution in [0.2, 0.25) is 0 Å². The maximum absolute atomic E-state index is 3.00. The number of allylic oxidation sites excluding steroid dienone is 2. The average Bonchev–Trinajstić information content (AvgIpc) is 2.54. The lowest BCUT2D eigenvalue weighted by atomic mass is 10.1. The highest BCUT2D eigenvalue weighted by Crippen LogP contribution is 2.34. The van der Waals surface area contributed by atoms with Gasteiger partial charge in [-0.25, -0.2) is 0 Å². The summed E-state index contributed by atoms with van der Waals surface area (Å²) >= 11 is 1.87. The topological polar surface area (TPSA) is 0 Å². The zero-order valence-corrected chi connectivity index (χ0v) is 9.96. The Morgan fingerprint density at radius 3 is 2.62 bits per heavy atom. The molecule has 16 heavy (non-hydrogen) atoms. The number of fused-ring (bicyclic) bond motifs is 3. The molecule has 0 bridgehead atoms. The Labute approximate surface area is 100 Å². The largest absolute Gasteiger partial charge is 0.135 e. The number of benzene rings is 1. The van der Waals surface area contributed by atoms with Crippen LogP contribution in [0.5, 0.6) is 0 Å². The van der Waals surface area contributed by atoms with Crippen LogP contribution in [-0.2, 0) is 0 Å². The molecule has 3 rings (SSSR count). The molecule has 2 aromatic rings. The Hall–Kier alpha value is -1.60. The van der Waals surface area contributed by atoms with Crippen LogP contribution in [-0.4, -0.2) is 0 Å². The Morgan fingerprint density at radius 1 is 1.00 bits per heavy atom. The van der Waals surface area contributed by atoms with Crippen LogP contribution in [0.4, 0.5) is 0 Å². The number of hydrogen-bond donors (Lipinski definition) is 0. The van der Waals surface area contributed by atoms with Crippen molar-refractivity contribution in [3.05, 3.63) is 60.0 Å². The molecule has 1 heteroatoms. The van der Waals surface area contributed by atoms with Gasteiger partial charge in [0.25, 0.3) is 0 Å². The molecule has 0 aliphatic heterocycles. The van der Waals surface area contributed by atoms with E-state index in [4.69, 9.17) is 0 Å². The highest BCUT2D eigenvalue weighted by atomic mass is 32.1. The maximum atomic E-state index is 3.00. The quantitative estimate of drug-likeness (QED) is 0.546. The molecule has 0 spiro atoms. The highest BCUT2D eigenvalue weighted by Gasteiger charge is 2.07. The van der Waals surface area contributed by atoms with Crippen LogP contribution >= 0.6 is 11.3 Å². The third kappa shape index (κ3) is 1.86. The molecule has 0 nitrogen and oxygen atoms in total. The van der Waals surface area contributed by atoms with Crippen molar-refractivity contribution >= 4 is 33.6 Å². The van der Waals surface area contributed by atoms with E-state index in [9.17, 15) is 0 Å². The summed E-state index contributed by atoms with van der Waals surface area (Å²) in [5.41, 5.74) is 1.39. The van der Waals surface area contributed by atoms with Crippen molar-refractivity contribution in [3.63, 3.8) is 0 Å². The molecule has 0 unspecified atom stereocenters. The van der Waals surface area contributed by atoms with E-state index in [-0.39, 0.29) is 0 Å². The molecule has 1 aliphatic rings. The van der Waals surface area contributed by atoms with Gasteiger partial charge >= 0.3 is 0 Å². The predicted octanol–water partition coefficient (Wildman–Crippen LogP) is 5.13. The van der Waals surface area contributed by atoms with E-state index in [1.165, 1.54) is 20.5 Å². The average molecular weight is 226 g/mol. The maximum Gasteiger partial charge on any atom is 0.0355 e. The molecule has 0 saturated heterocycles. The first-order chi connectivity index (χ1) is 7.95. The fourth-order valence-electron chi connectivity index (χ4n) is 1.82. The lowest BCUT2D eigenvalue weighted by Gasteiger charge is -1.91. The van der Waals surface area contributed by atoms with Crippen LogP contribution < -0.4 is 0 Å². The van der Waals surface area contributed by atoms with Gasteiger partial charge in [0.2, 0.25) is 0 Å². The SMILES string of the molecule is C1=Cc2sc3ccccc3c2C=CC1.C=C. The second-order valence-electron chi connectivity index (χ2n) is 3.42. The summed E-state index contributed by atoms with van der Waals surface area (Å²) in [4.78, 5) is 1.39. The van der Waals surface area contributed by atoms with Crippen LogP contribution in [0.3, 0.4) is 0 Å². The van der Waals surface area contributed by atoms with Crippen molar-refractivity contribution in [3.8, 4) is 0 Å². The van der Waals surface area contributed by atoms with Gasteiger partial charge in [0.05, 0.1) is 0 Å². The Kier molecular flexibility index (Phi) is 3.37. The molecule has 80 valence electrons. The van der Waals surface area contributed by atoms with Crippen LogP contribution in [0.15, 0.2) is 49.6 Å². The normalized spacial score (nSPS) is 12.8. The molecule has 0 N–H and O–H groups in total. The standard InChI is InChI=1S/C13H10S.C2H4/c1-2-6-10-11-7-4-5-9-13(11)14-12(10)8-3-1;1-2/h2-9H,1H2;1-2H2. The van der Waals surface area contributed by atoms with Crippen LogP contribution in [0.1, 0.15) is 16.9 Å². The first-order valence-electron chi connectivity index (χ1n) is 5.30. The summed E-state index contributed by atoms with van der Waals surface area (Å²) in [7, 11) is 0. The monoisotopic (exact) mass is 226 g/mol. The molecule has 1 aromatic carbocycles. The lowest BCUT2D eigenvalue weighted by molar-refractivity contribution is 1.44. The first kappa shape index (κ1) is 10.9. The third-order valence-corrected chi connectivity index (χ3v) is 3.64. The number of hydrogen-bond acceptors (Lipinski definition) is 1. The molecule has 0 saturated carbocycles. The molecule has 0 fully saturated rings. The fourth-order valence-corrected chi connectivity index (χ4v) is 2.94. The Morgan fingerprint density at radius 2 is 1.75 bits per heavy atom. The lowest BCUT2D eigenvalue weighted by Crippen LogP contribution is -1.69. The number of rotatable bonds is 0. The van der Waals surface area contributed by atoms with Crippen LogP contribution in [0, 0.1) is 0 Å². The van der Waals surface area contributed by atoms with Crippen molar-refractivity contribution in [2.75, 3.05) is 0 Å². The van der Waals surface area contributed by atoms with E-state index in [1.807, 2.05) is 11.3 Å². The van der Waals surface area contributed by atoms with Crippen molar-refractivity contribution in [2.24, 2.45) is 0 Å². The van der Waals surface area contributed by atoms with Gasteiger partial charge in [0, 0.05) is 15.0 Å². The summed E-state index contributed by atoms with van der Waals surface area (Å²) in [6.45, 7) is 6.00. The van der Waals surface area contributed by atoms with Gasteiger partial charge in [0.15, 0.2) is 0 Å². The minimum Gasteiger partial charge on any atom is -0.135 e. The van der Waals surface area contributed by atoms with Gasteiger partial charge in [-0.3, -0.25) is 0 Å². The van der Waals surface area contributed by atoms with Crippen molar-refractivity contribution in [2.45, 2.75) is 6.42 Å². The summed E-state index contributed by atoms with van der Waals surface area (Å²) in [5, 5.41) is 1.38. The van der Waals surface area contributed by atoms with Gasteiger partial charge in [-0.2, -0.15) is 0 Å².